The number of nitrogens with one attached hydrogen (secondary N) is 3. The highest BCUT2D eigenvalue weighted by atomic mass is 19.1. The highest BCUT2D eigenvalue weighted by Crippen LogP contribution is 2.17. The molecule has 0 atom stereocenters. The van der Waals surface area contributed by atoms with Gasteiger partial charge in [-0.3, -0.25) is 9.59 Å². The Bertz CT molecular complexity index is 936. The van der Waals surface area contributed by atoms with E-state index >= 15 is 0 Å². The van der Waals surface area contributed by atoms with Crippen LogP contribution in [-0.4, -0.2) is 29.9 Å². The quantitative estimate of drug-likeness (QED) is 0.536. The van der Waals surface area contributed by atoms with Crippen molar-refractivity contribution in [2.45, 2.75) is 19.3 Å². The van der Waals surface area contributed by atoms with Gasteiger partial charge in [0.05, 0.1) is 0 Å². The molecule has 2 amide bonds. The number of para-hydroxylation sites is 1. The van der Waals surface area contributed by atoms with Crippen molar-refractivity contribution in [3.8, 4) is 0 Å². The number of aromatic amines is 1. The van der Waals surface area contributed by atoms with Crippen LogP contribution in [0.25, 0.3) is 10.9 Å². The molecule has 6 heteroatoms. The fourth-order valence-corrected chi connectivity index (χ4v) is 2.98. The van der Waals surface area contributed by atoms with Crippen LogP contribution in [0.5, 0.6) is 0 Å². The van der Waals surface area contributed by atoms with Crippen LogP contribution >= 0.6 is 0 Å². The van der Waals surface area contributed by atoms with E-state index in [0.29, 0.717) is 31.5 Å². The molecule has 0 saturated heterocycles. The first-order valence-corrected chi connectivity index (χ1v) is 8.95. The summed E-state index contributed by atoms with van der Waals surface area (Å²) >= 11 is 0. The Kier molecular flexibility index (Phi) is 6.20. The van der Waals surface area contributed by atoms with Crippen LogP contribution < -0.4 is 10.6 Å². The summed E-state index contributed by atoms with van der Waals surface area (Å²) in [5, 5.41) is 6.54. The standard InChI is InChI=1S/C21H22FN3O2/c22-18-7-3-1-5-15(18)9-11-23-20(26)13-21(27)24-12-10-16-14-25-19-8-4-2-6-17(16)19/h1-8,14,25H,9-13H2,(H,23,26)(H,24,27). The number of carbonyl (C=O) groups is 2. The molecule has 27 heavy (non-hydrogen) atoms. The minimum atomic E-state index is -0.365. The minimum Gasteiger partial charge on any atom is -0.361 e. The van der Waals surface area contributed by atoms with Gasteiger partial charge in [-0.2, -0.15) is 0 Å². The third-order valence-corrected chi connectivity index (χ3v) is 4.39. The van der Waals surface area contributed by atoms with Crippen molar-refractivity contribution in [3.63, 3.8) is 0 Å². The molecule has 3 rings (SSSR count). The lowest BCUT2D eigenvalue weighted by molar-refractivity contribution is -0.129. The lowest BCUT2D eigenvalue weighted by Crippen LogP contribution is -2.33. The van der Waals surface area contributed by atoms with Crippen molar-refractivity contribution in [3.05, 3.63) is 71.7 Å². The fraction of sp³-hybridized carbons (Fsp3) is 0.238. The van der Waals surface area contributed by atoms with Crippen LogP contribution in [0.15, 0.2) is 54.7 Å². The average molecular weight is 367 g/mol. The lowest BCUT2D eigenvalue weighted by Gasteiger charge is -2.07. The first kappa shape index (κ1) is 18.6. The minimum absolute atomic E-state index is 0.231. The molecule has 0 fully saturated rings. The van der Waals surface area contributed by atoms with Gasteiger partial charge in [0.25, 0.3) is 0 Å². The summed E-state index contributed by atoms with van der Waals surface area (Å²) < 4.78 is 13.5. The van der Waals surface area contributed by atoms with E-state index in [9.17, 15) is 14.0 Å². The van der Waals surface area contributed by atoms with Crippen molar-refractivity contribution in [2.75, 3.05) is 13.1 Å². The molecule has 3 aromatic rings. The summed E-state index contributed by atoms with van der Waals surface area (Å²) in [5.41, 5.74) is 2.73. The van der Waals surface area contributed by atoms with Gasteiger partial charge in [0.2, 0.25) is 11.8 Å². The van der Waals surface area contributed by atoms with Crippen molar-refractivity contribution in [1.29, 1.82) is 0 Å². The van der Waals surface area contributed by atoms with Crippen molar-refractivity contribution in [1.82, 2.24) is 15.6 Å². The molecule has 0 aliphatic rings. The summed E-state index contributed by atoms with van der Waals surface area (Å²) in [7, 11) is 0. The van der Waals surface area contributed by atoms with E-state index in [1.807, 2.05) is 30.5 Å². The van der Waals surface area contributed by atoms with E-state index in [1.54, 1.807) is 18.2 Å². The Hall–Kier alpha value is -3.15. The molecule has 0 saturated carbocycles. The summed E-state index contributed by atoms with van der Waals surface area (Å²) in [6.07, 6.45) is 2.78. The van der Waals surface area contributed by atoms with Gasteiger partial charge in [-0.05, 0) is 36.1 Å². The number of halogens is 1. The molecule has 2 aromatic carbocycles. The van der Waals surface area contributed by atoms with Crippen molar-refractivity contribution < 1.29 is 14.0 Å². The van der Waals surface area contributed by atoms with Gasteiger partial charge in [0.1, 0.15) is 12.2 Å². The van der Waals surface area contributed by atoms with Crippen molar-refractivity contribution in [2.24, 2.45) is 0 Å². The molecular weight excluding hydrogens is 345 g/mol. The fourth-order valence-electron chi connectivity index (χ4n) is 2.98. The third-order valence-electron chi connectivity index (χ3n) is 4.39. The number of benzene rings is 2. The Morgan fingerprint density at radius 1 is 0.852 bits per heavy atom. The van der Waals surface area contributed by atoms with E-state index in [4.69, 9.17) is 0 Å². The predicted molar refractivity (Wildman–Crippen MR) is 103 cm³/mol. The van der Waals surface area contributed by atoms with Gasteiger partial charge in [0.15, 0.2) is 0 Å². The Labute approximate surface area is 157 Å². The average Bonchev–Trinajstić information content (AvgIpc) is 3.06. The van der Waals surface area contributed by atoms with Crippen LogP contribution in [0.1, 0.15) is 17.5 Å². The maximum absolute atomic E-state index is 13.5. The van der Waals surface area contributed by atoms with Crippen LogP contribution in [0.4, 0.5) is 4.39 Å². The molecule has 1 aromatic heterocycles. The number of carbonyl (C=O) groups excluding carboxylic acids is 2. The Balaban J connectivity index is 1.36. The second-order valence-electron chi connectivity index (χ2n) is 6.33. The van der Waals surface area contributed by atoms with E-state index in [2.05, 4.69) is 15.6 Å². The highest BCUT2D eigenvalue weighted by Gasteiger charge is 2.10. The third kappa shape index (κ3) is 5.17. The second-order valence-corrected chi connectivity index (χ2v) is 6.33. The molecule has 0 unspecified atom stereocenters. The zero-order chi connectivity index (χ0) is 19.1. The maximum Gasteiger partial charge on any atom is 0.229 e. The molecule has 0 radical (unpaired) electrons. The number of fused-ring (bicyclic) bond motifs is 1. The van der Waals surface area contributed by atoms with Crippen LogP contribution in [0, 0.1) is 5.82 Å². The molecule has 0 aliphatic heterocycles. The summed E-state index contributed by atoms with van der Waals surface area (Å²) in [6, 6.07) is 14.4. The Morgan fingerprint density at radius 3 is 2.22 bits per heavy atom. The smallest absolute Gasteiger partial charge is 0.229 e. The first-order valence-electron chi connectivity index (χ1n) is 8.95. The number of amides is 2. The number of H-pyrrole nitrogens is 1. The van der Waals surface area contributed by atoms with Crippen molar-refractivity contribution >= 4 is 22.7 Å². The number of hydrogen-bond acceptors (Lipinski definition) is 2. The van der Waals surface area contributed by atoms with E-state index in [0.717, 1.165) is 16.5 Å². The van der Waals surface area contributed by atoms with Gasteiger partial charge in [-0.1, -0.05) is 36.4 Å². The van der Waals surface area contributed by atoms with Gasteiger partial charge >= 0.3 is 0 Å². The zero-order valence-corrected chi connectivity index (χ0v) is 14.9. The van der Waals surface area contributed by atoms with Gasteiger partial charge in [-0.25, -0.2) is 4.39 Å². The Morgan fingerprint density at radius 2 is 1.48 bits per heavy atom. The van der Waals surface area contributed by atoms with Crippen LogP contribution in [0.2, 0.25) is 0 Å². The molecule has 5 nitrogen and oxygen atoms in total. The second kappa shape index (κ2) is 8.98. The number of aromatic nitrogens is 1. The summed E-state index contributed by atoms with van der Waals surface area (Å²) in [5.74, 6) is -0.976. The summed E-state index contributed by atoms with van der Waals surface area (Å²) in [4.78, 5) is 26.9. The van der Waals surface area contributed by atoms with Gasteiger partial charge < -0.3 is 15.6 Å². The molecule has 140 valence electrons. The van der Waals surface area contributed by atoms with Gasteiger partial charge in [-0.15, -0.1) is 0 Å². The number of rotatable bonds is 8. The SMILES string of the molecule is O=C(CC(=O)NCCc1c[nH]c2ccccc12)NCCc1ccccc1F. The molecule has 0 spiro atoms. The molecule has 3 N–H and O–H groups in total. The molecule has 0 bridgehead atoms. The normalized spacial score (nSPS) is 10.7. The largest absolute Gasteiger partial charge is 0.361 e. The van der Waals surface area contributed by atoms with Crippen LogP contribution in [0.3, 0.4) is 0 Å². The lowest BCUT2D eigenvalue weighted by atomic mass is 10.1. The first-order chi connectivity index (χ1) is 13.1. The monoisotopic (exact) mass is 367 g/mol. The zero-order valence-electron chi connectivity index (χ0n) is 14.9. The molecule has 0 aliphatic carbocycles. The summed E-state index contributed by atoms with van der Waals surface area (Å²) in [6.45, 7) is 0.756. The molecule has 1 heterocycles. The highest BCUT2D eigenvalue weighted by molar-refractivity contribution is 5.96. The van der Waals surface area contributed by atoms with E-state index in [1.165, 1.54) is 6.07 Å². The van der Waals surface area contributed by atoms with Gasteiger partial charge in [0, 0.05) is 30.2 Å². The van der Waals surface area contributed by atoms with E-state index in [-0.39, 0.29) is 24.1 Å². The predicted octanol–water partition coefficient (Wildman–Crippen LogP) is 2.71. The number of hydrogen-bond donors (Lipinski definition) is 3. The van der Waals surface area contributed by atoms with E-state index < -0.39 is 0 Å². The maximum atomic E-state index is 13.5. The topological polar surface area (TPSA) is 74.0 Å². The molecular formula is C21H22FN3O2. The van der Waals surface area contributed by atoms with Crippen LogP contribution in [-0.2, 0) is 22.4 Å².